The summed E-state index contributed by atoms with van der Waals surface area (Å²) in [5.74, 6) is -0.542. The van der Waals surface area contributed by atoms with E-state index in [-0.39, 0.29) is 0 Å². The van der Waals surface area contributed by atoms with Crippen LogP contribution >= 0.6 is 0 Å². The van der Waals surface area contributed by atoms with Gasteiger partial charge in [-0.15, -0.1) is 0 Å². The lowest BCUT2D eigenvalue weighted by molar-refractivity contribution is -0.148. The van der Waals surface area contributed by atoms with Crippen LogP contribution in [0.2, 0.25) is 0 Å². The third kappa shape index (κ3) is 4.88. The van der Waals surface area contributed by atoms with Gasteiger partial charge in [0.1, 0.15) is 5.60 Å². The molecular weight excluding hydrogens is 354 g/mol. The Morgan fingerprint density at radius 2 is 1.64 bits per heavy atom. The Kier molecular flexibility index (Phi) is 5.64. The topological polar surface area (TPSA) is 61.4 Å². The fourth-order valence-corrected chi connectivity index (χ4v) is 2.78. The Morgan fingerprint density at radius 3 is 2.25 bits per heavy atom. The number of esters is 1. The summed E-state index contributed by atoms with van der Waals surface area (Å²) in [6, 6.07) is 18.9. The summed E-state index contributed by atoms with van der Waals surface area (Å²) < 4.78 is 12.4. The Hall–Kier alpha value is -3.34. The molecule has 0 aliphatic rings. The van der Waals surface area contributed by atoms with E-state index in [9.17, 15) is 9.59 Å². The second-order valence-corrected chi connectivity index (χ2v) is 7.39. The normalized spacial score (nSPS) is 11.7. The second kappa shape index (κ2) is 8.13. The molecule has 0 saturated carbocycles. The number of rotatable bonds is 5. The minimum Gasteiger partial charge on any atom is -0.457 e. The maximum absolute atomic E-state index is 12.6. The zero-order valence-electron chi connectivity index (χ0n) is 16.2. The molecule has 5 heteroatoms. The van der Waals surface area contributed by atoms with Crippen LogP contribution in [-0.4, -0.2) is 16.1 Å². The lowest BCUT2D eigenvalue weighted by Crippen LogP contribution is -2.22. The van der Waals surface area contributed by atoms with Crippen molar-refractivity contribution in [3.05, 3.63) is 88.5 Å². The highest BCUT2D eigenvalue weighted by Gasteiger charge is 2.18. The van der Waals surface area contributed by atoms with Gasteiger partial charge in [-0.25, -0.2) is 9.59 Å². The molecule has 0 aliphatic heterocycles. The van der Waals surface area contributed by atoms with Crippen LogP contribution in [0.5, 0.6) is 0 Å². The highest BCUT2D eigenvalue weighted by molar-refractivity contribution is 5.88. The third-order valence-corrected chi connectivity index (χ3v) is 3.94. The molecule has 3 rings (SSSR count). The van der Waals surface area contributed by atoms with E-state index in [2.05, 4.69) is 0 Å². The van der Waals surface area contributed by atoms with E-state index in [1.165, 1.54) is 10.6 Å². The van der Waals surface area contributed by atoms with E-state index in [1.807, 2.05) is 60.7 Å². The molecule has 0 aliphatic carbocycles. The first-order valence-corrected chi connectivity index (χ1v) is 9.07. The van der Waals surface area contributed by atoms with Crippen LogP contribution < -0.4 is 5.76 Å². The Labute approximate surface area is 163 Å². The van der Waals surface area contributed by atoms with Gasteiger partial charge in [0.05, 0.1) is 12.2 Å². The van der Waals surface area contributed by atoms with Crippen molar-refractivity contribution < 1.29 is 13.9 Å². The summed E-state index contributed by atoms with van der Waals surface area (Å²) in [7, 11) is 0. The summed E-state index contributed by atoms with van der Waals surface area (Å²) in [6.07, 6.45) is 2.90. The van der Waals surface area contributed by atoms with Crippen molar-refractivity contribution >= 4 is 12.0 Å². The second-order valence-electron chi connectivity index (χ2n) is 7.39. The lowest BCUT2D eigenvalue weighted by Gasteiger charge is -2.17. The molecule has 1 aromatic heterocycles. The van der Waals surface area contributed by atoms with Crippen LogP contribution in [0.25, 0.3) is 17.4 Å². The predicted molar refractivity (Wildman–Crippen MR) is 109 cm³/mol. The van der Waals surface area contributed by atoms with Gasteiger partial charge in [0, 0.05) is 11.6 Å². The van der Waals surface area contributed by atoms with Crippen molar-refractivity contribution in [3.8, 4) is 11.3 Å². The molecule has 0 atom stereocenters. The number of hydrogen-bond acceptors (Lipinski definition) is 4. The Balaban J connectivity index is 2.03. The van der Waals surface area contributed by atoms with Gasteiger partial charge in [-0.05, 0) is 32.4 Å². The fraction of sp³-hybridized carbons (Fsp3) is 0.217. The van der Waals surface area contributed by atoms with E-state index in [0.717, 1.165) is 11.1 Å². The van der Waals surface area contributed by atoms with Gasteiger partial charge in [-0.1, -0.05) is 60.7 Å². The zero-order chi connectivity index (χ0) is 20.1. The quantitative estimate of drug-likeness (QED) is 0.485. The van der Waals surface area contributed by atoms with E-state index < -0.39 is 17.3 Å². The molecule has 0 fully saturated rings. The van der Waals surface area contributed by atoms with Gasteiger partial charge in [-0.2, -0.15) is 0 Å². The molecule has 0 spiro atoms. The average Bonchev–Trinajstić information content (AvgIpc) is 2.96. The molecule has 2 aromatic carbocycles. The number of carbonyl (C=O) groups excluding carboxylic acids is 1. The van der Waals surface area contributed by atoms with Gasteiger partial charge in [0.2, 0.25) is 0 Å². The van der Waals surface area contributed by atoms with Gasteiger partial charge < -0.3 is 9.15 Å². The van der Waals surface area contributed by atoms with Crippen LogP contribution in [-0.2, 0) is 16.1 Å². The van der Waals surface area contributed by atoms with E-state index in [0.29, 0.717) is 18.0 Å². The number of hydrogen-bond donors (Lipinski definition) is 0. The van der Waals surface area contributed by atoms with Gasteiger partial charge >= 0.3 is 11.7 Å². The average molecular weight is 377 g/mol. The van der Waals surface area contributed by atoms with Crippen LogP contribution in [0.4, 0.5) is 0 Å². The molecule has 0 amide bonds. The molecule has 0 saturated heterocycles. The minimum atomic E-state index is -0.593. The highest BCUT2D eigenvalue weighted by atomic mass is 16.6. The van der Waals surface area contributed by atoms with Crippen LogP contribution in [0, 0.1) is 0 Å². The summed E-state index contributed by atoms with van der Waals surface area (Å²) in [6.45, 7) is 5.75. The van der Waals surface area contributed by atoms with Crippen molar-refractivity contribution in [2.24, 2.45) is 0 Å². The van der Waals surface area contributed by atoms with Crippen molar-refractivity contribution in [1.82, 2.24) is 4.57 Å². The minimum absolute atomic E-state index is 0.337. The maximum Gasteiger partial charge on any atom is 0.420 e. The number of nitrogens with zero attached hydrogens (tertiary/aromatic N) is 1. The first-order chi connectivity index (χ1) is 13.3. The molecule has 1 heterocycles. The molecular formula is C23H23NO4. The summed E-state index contributed by atoms with van der Waals surface area (Å²) >= 11 is 0. The van der Waals surface area contributed by atoms with Crippen LogP contribution in [0.1, 0.15) is 32.0 Å². The van der Waals surface area contributed by atoms with Gasteiger partial charge in [0.15, 0.2) is 5.76 Å². The number of ether oxygens (including phenoxy) is 1. The number of oxazole rings is 1. The smallest absolute Gasteiger partial charge is 0.420 e. The van der Waals surface area contributed by atoms with Gasteiger partial charge in [-0.3, -0.25) is 4.57 Å². The fourth-order valence-electron chi connectivity index (χ4n) is 2.78. The largest absolute Gasteiger partial charge is 0.457 e. The van der Waals surface area contributed by atoms with E-state index in [1.54, 1.807) is 26.8 Å². The molecule has 3 aromatic rings. The molecule has 5 nitrogen and oxygen atoms in total. The summed E-state index contributed by atoms with van der Waals surface area (Å²) in [4.78, 5) is 24.7. The first kappa shape index (κ1) is 19.4. The summed E-state index contributed by atoms with van der Waals surface area (Å²) in [5.41, 5.74) is 1.64. The third-order valence-electron chi connectivity index (χ3n) is 3.94. The van der Waals surface area contributed by atoms with Crippen molar-refractivity contribution in [2.75, 3.05) is 0 Å². The maximum atomic E-state index is 12.6. The SMILES string of the molecule is CC(C)(C)OC(=O)/C=C/c1c(-c2ccccc2)oc(=O)n1Cc1ccccc1. The lowest BCUT2D eigenvalue weighted by atomic mass is 10.1. The predicted octanol–water partition coefficient (Wildman–Crippen LogP) is 4.51. The van der Waals surface area contributed by atoms with Crippen molar-refractivity contribution in [1.29, 1.82) is 0 Å². The number of benzene rings is 2. The monoisotopic (exact) mass is 377 g/mol. The number of aromatic nitrogens is 1. The summed E-state index contributed by atoms with van der Waals surface area (Å²) in [5, 5.41) is 0. The van der Waals surface area contributed by atoms with Crippen molar-refractivity contribution in [3.63, 3.8) is 0 Å². The molecule has 28 heavy (non-hydrogen) atoms. The Morgan fingerprint density at radius 1 is 1.04 bits per heavy atom. The molecule has 0 unspecified atom stereocenters. The Bertz CT molecular complexity index is 1020. The molecule has 0 bridgehead atoms. The van der Waals surface area contributed by atoms with Crippen LogP contribution in [0.3, 0.4) is 0 Å². The standard InChI is InChI=1S/C23H23NO4/c1-23(2,3)28-20(25)15-14-19-21(18-12-8-5-9-13-18)27-22(26)24(19)16-17-10-6-4-7-11-17/h4-15H,16H2,1-3H3/b15-14+. The molecule has 0 N–H and O–H groups in total. The highest BCUT2D eigenvalue weighted by Crippen LogP contribution is 2.25. The van der Waals surface area contributed by atoms with Gasteiger partial charge in [0.25, 0.3) is 0 Å². The van der Waals surface area contributed by atoms with E-state index >= 15 is 0 Å². The first-order valence-electron chi connectivity index (χ1n) is 9.07. The van der Waals surface area contributed by atoms with E-state index in [4.69, 9.17) is 9.15 Å². The van der Waals surface area contributed by atoms with Crippen molar-refractivity contribution in [2.45, 2.75) is 32.9 Å². The molecule has 144 valence electrons. The zero-order valence-corrected chi connectivity index (χ0v) is 16.2. The van der Waals surface area contributed by atoms with Crippen LogP contribution in [0.15, 0.2) is 76.0 Å². The molecule has 0 radical (unpaired) electrons. The number of carbonyl (C=O) groups is 1.